The van der Waals surface area contributed by atoms with Gasteiger partial charge in [-0.2, -0.15) is 5.10 Å². The third-order valence-corrected chi connectivity index (χ3v) is 6.02. The number of aryl methyl sites for hydroxylation is 1. The Kier molecular flexibility index (Phi) is 4.39. The number of rotatable bonds is 4. The van der Waals surface area contributed by atoms with Crippen LogP contribution in [0, 0.1) is 0 Å². The van der Waals surface area contributed by atoms with Crippen LogP contribution in [0.4, 0.5) is 11.5 Å². The van der Waals surface area contributed by atoms with Gasteiger partial charge in [-0.25, -0.2) is 9.97 Å². The molecule has 0 saturated carbocycles. The first kappa shape index (κ1) is 17.4. The summed E-state index contributed by atoms with van der Waals surface area (Å²) >= 11 is 0. The molecule has 5 rings (SSSR count). The number of aromatic nitrogens is 4. The Morgan fingerprint density at radius 1 is 1.07 bits per heavy atom. The summed E-state index contributed by atoms with van der Waals surface area (Å²) in [5.74, 6) is 0.970. The Balaban J connectivity index is 1.29. The van der Waals surface area contributed by atoms with Gasteiger partial charge in [0.1, 0.15) is 12.1 Å². The fourth-order valence-electron chi connectivity index (χ4n) is 4.48. The van der Waals surface area contributed by atoms with Crippen molar-refractivity contribution in [3.05, 3.63) is 41.5 Å². The summed E-state index contributed by atoms with van der Waals surface area (Å²) in [6, 6.07) is 6.53. The summed E-state index contributed by atoms with van der Waals surface area (Å²) in [7, 11) is 4.05. The molecule has 1 aliphatic carbocycles. The van der Waals surface area contributed by atoms with Crippen molar-refractivity contribution >= 4 is 22.4 Å². The first-order chi connectivity index (χ1) is 13.7. The van der Waals surface area contributed by atoms with E-state index in [-0.39, 0.29) is 0 Å². The number of nitrogens with zero attached hydrogens (tertiary/aromatic N) is 6. The van der Waals surface area contributed by atoms with Crippen LogP contribution in [-0.4, -0.2) is 65.3 Å². The molecule has 7 nitrogen and oxygen atoms in total. The third kappa shape index (κ3) is 3.09. The van der Waals surface area contributed by atoms with E-state index in [2.05, 4.69) is 48.2 Å². The third-order valence-electron chi connectivity index (χ3n) is 6.02. The number of hydrogen-bond donors (Lipinski definition) is 1. The zero-order valence-corrected chi connectivity index (χ0v) is 16.6. The molecule has 7 heteroatoms. The Morgan fingerprint density at radius 2 is 1.93 bits per heavy atom. The molecule has 0 atom stereocenters. The van der Waals surface area contributed by atoms with Crippen molar-refractivity contribution in [2.24, 2.45) is 0 Å². The van der Waals surface area contributed by atoms with Crippen LogP contribution in [-0.2, 0) is 19.4 Å². The van der Waals surface area contributed by atoms with Crippen LogP contribution in [0.15, 0.2) is 24.5 Å². The summed E-state index contributed by atoms with van der Waals surface area (Å²) in [5.41, 5.74) is 6.36. The van der Waals surface area contributed by atoms with Gasteiger partial charge >= 0.3 is 0 Å². The van der Waals surface area contributed by atoms with Gasteiger partial charge in [0, 0.05) is 63.6 Å². The summed E-state index contributed by atoms with van der Waals surface area (Å²) in [6.07, 6.45) is 5.26. The average Bonchev–Trinajstić information content (AvgIpc) is 3.33. The number of H-pyrrole nitrogens is 1. The minimum absolute atomic E-state index is 0.968. The number of nitrogens with one attached hydrogen (secondary N) is 1. The van der Waals surface area contributed by atoms with Crippen molar-refractivity contribution in [3.8, 4) is 0 Å². The molecule has 3 aromatic rings. The average molecular weight is 377 g/mol. The highest BCUT2D eigenvalue weighted by molar-refractivity contribution is 5.91. The number of benzene rings is 1. The molecule has 0 radical (unpaired) electrons. The summed E-state index contributed by atoms with van der Waals surface area (Å²) in [6.45, 7) is 5.15. The molecule has 2 aromatic heterocycles. The minimum Gasteiger partial charge on any atom is -0.369 e. The van der Waals surface area contributed by atoms with E-state index < -0.39 is 0 Å². The number of fused-ring (bicyclic) bond motifs is 2. The molecule has 0 spiro atoms. The lowest BCUT2D eigenvalue weighted by Gasteiger charge is -2.36. The predicted octanol–water partition coefficient (Wildman–Crippen LogP) is 2.23. The van der Waals surface area contributed by atoms with Crippen LogP contribution < -0.4 is 9.80 Å². The smallest absolute Gasteiger partial charge is 0.139 e. The monoisotopic (exact) mass is 377 g/mol. The molecular weight excluding hydrogens is 350 g/mol. The first-order valence-corrected chi connectivity index (χ1v) is 10.1. The SMILES string of the molecule is CN(C)c1ncnc2ccc(N3CCN(Cc4n[nH]c5c4CCC5)CC3)cc12. The fourth-order valence-corrected chi connectivity index (χ4v) is 4.48. The second kappa shape index (κ2) is 7.05. The Hall–Kier alpha value is -2.67. The highest BCUT2D eigenvalue weighted by Gasteiger charge is 2.23. The maximum absolute atomic E-state index is 4.57. The molecule has 0 bridgehead atoms. The van der Waals surface area contributed by atoms with Crippen molar-refractivity contribution in [3.63, 3.8) is 0 Å². The van der Waals surface area contributed by atoms with Crippen LogP contribution >= 0.6 is 0 Å². The van der Waals surface area contributed by atoms with Gasteiger partial charge in [-0.15, -0.1) is 0 Å². The van der Waals surface area contributed by atoms with E-state index in [1.807, 2.05) is 19.0 Å². The minimum atomic E-state index is 0.968. The van der Waals surface area contributed by atoms with Gasteiger partial charge in [-0.05, 0) is 43.0 Å². The van der Waals surface area contributed by atoms with Crippen molar-refractivity contribution in [2.45, 2.75) is 25.8 Å². The van der Waals surface area contributed by atoms with Crippen LogP contribution in [0.5, 0.6) is 0 Å². The normalized spacial score (nSPS) is 17.3. The van der Waals surface area contributed by atoms with E-state index in [1.165, 1.54) is 35.5 Å². The molecule has 1 aliphatic heterocycles. The van der Waals surface area contributed by atoms with E-state index in [9.17, 15) is 0 Å². The zero-order chi connectivity index (χ0) is 19.1. The van der Waals surface area contributed by atoms with Gasteiger partial charge in [0.15, 0.2) is 0 Å². The lowest BCUT2D eigenvalue weighted by Crippen LogP contribution is -2.46. The zero-order valence-electron chi connectivity index (χ0n) is 16.6. The maximum Gasteiger partial charge on any atom is 0.139 e. The van der Waals surface area contributed by atoms with Crippen molar-refractivity contribution < 1.29 is 0 Å². The van der Waals surface area contributed by atoms with Crippen LogP contribution in [0.25, 0.3) is 10.9 Å². The Bertz CT molecular complexity index is 986. The van der Waals surface area contributed by atoms with E-state index in [4.69, 9.17) is 0 Å². The van der Waals surface area contributed by atoms with Gasteiger partial charge < -0.3 is 9.80 Å². The first-order valence-electron chi connectivity index (χ1n) is 10.1. The number of hydrogen-bond acceptors (Lipinski definition) is 6. The fraction of sp³-hybridized carbons (Fsp3) is 0.476. The van der Waals surface area contributed by atoms with E-state index in [0.29, 0.717) is 0 Å². The lowest BCUT2D eigenvalue weighted by molar-refractivity contribution is 0.246. The second-order valence-electron chi connectivity index (χ2n) is 8.04. The van der Waals surface area contributed by atoms with E-state index in [1.54, 1.807) is 6.33 Å². The van der Waals surface area contributed by atoms with E-state index >= 15 is 0 Å². The quantitative estimate of drug-likeness (QED) is 0.752. The summed E-state index contributed by atoms with van der Waals surface area (Å²) in [5, 5.41) is 8.92. The van der Waals surface area contributed by atoms with Crippen molar-refractivity contribution in [1.29, 1.82) is 0 Å². The molecule has 2 aliphatic rings. The van der Waals surface area contributed by atoms with Crippen molar-refractivity contribution in [2.75, 3.05) is 50.1 Å². The van der Waals surface area contributed by atoms with Gasteiger partial charge in [0.2, 0.25) is 0 Å². The predicted molar refractivity (Wildman–Crippen MR) is 112 cm³/mol. The molecule has 0 amide bonds. The molecule has 1 fully saturated rings. The molecule has 1 saturated heterocycles. The Morgan fingerprint density at radius 3 is 2.75 bits per heavy atom. The molecule has 28 heavy (non-hydrogen) atoms. The molecule has 1 aromatic carbocycles. The largest absolute Gasteiger partial charge is 0.369 e. The molecule has 3 heterocycles. The molecule has 146 valence electrons. The number of anilines is 2. The molecule has 0 unspecified atom stereocenters. The van der Waals surface area contributed by atoms with Crippen LogP contribution in [0.3, 0.4) is 0 Å². The lowest BCUT2D eigenvalue weighted by atomic mass is 10.1. The summed E-state index contributed by atoms with van der Waals surface area (Å²) in [4.78, 5) is 15.9. The van der Waals surface area contributed by atoms with Gasteiger partial charge in [-0.1, -0.05) is 0 Å². The van der Waals surface area contributed by atoms with Gasteiger partial charge in [0.05, 0.1) is 11.2 Å². The highest BCUT2D eigenvalue weighted by Crippen LogP contribution is 2.28. The van der Waals surface area contributed by atoms with E-state index in [0.717, 1.165) is 55.9 Å². The number of piperazine rings is 1. The van der Waals surface area contributed by atoms with Gasteiger partial charge in [-0.3, -0.25) is 10.00 Å². The number of aromatic amines is 1. The standard InChI is InChI=1S/C21H27N7/c1-26(2)21-17-12-15(6-7-18(17)22-14-23-21)28-10-8-27(9-11-28)13-20-16-4-3-5-19(16)24-25-20/h6-7,12,14H,3-5,8-11,13H2,1-2H3,(H,24,25). The van der Waals surface area contributed by atoms with Crippen LogP contribution in [0.1, 0.15) is 23.4 Å². The summed E-state index contributed by atoms with van der Waals surface area (Å²) < 4.78 is 0. The molecular formula is C21H27N7. The topological polar surface area (TPSA) is 64.2 Å². The van der Waals surface area contributed by atoms with Gasteiger partial charge in [0.25, 0.3) is 0 Å². The van der Waals surface area contributed by atoms with Crippen molar-refractivity contribution in [1.82, 2.24) is 25.1 Å². The molecule has 1 N–H and O–H groups in total. The van der Waals surface area contributed by atoms with Crippen LogP contribution in [0.2, 0.25) is 0 Å². The maximum atomic E-state index is 4.57. The Labute approximate surface area is 165 Å². The second-order valence-corrected chi connectivity index (χ2v) is 8.04. The highest BCUT2D eigenvalue weighted by atomic mass is 15.3.